The minimum Gasteiger partial charge on any atom is -0.411 e. The Balaban J connectivity index is 2.39. The molecule has 0 aliphatic rings. The van der Waals surface area contributed by atoms with Gasteiger partial charge in [0, 0.05) is 24.3 Å². The molecule has 0 spiro atoms. The lowest BCUT2D eigenvalue weighted by atomic mass is 9.98. The molecular weight excluding hydrogens is 296 g/mol. The molecule has 2 rings (SSSR count). The van der Waals surface area contributed by atoms with Gasteiger partial charge in [0.25, 0.3) is 5.69 Å². The average Bonchev–Trinajstić information content (AvgIpc) is 2.56. The summed E-state index contributed by atoms with van der Waals surface area (Å²) in [5.74, 6) is 0. The fourth-order valence-corrected chi connectivity index (χ4v) is 2.26. The molecule has 0 aliphatic carbocycles. The molecular formula is C17H18N2O4. The summed E-state index contributed by atoms with van der Waals surface area (Å²) in [5, 5.41) is 23.6. The summed E-state index contributed by atoms with van der Waals surface area (Å²) in [6, 6.07) is 13.6. The maximum atomic E-state index is 10.8. The third-order valence-corrected chi connectivity index (χ3v) is 3.44. The Bertz CT molecular complexity index is 694. The van der Waals surface area contributed by atoms with Crippen molar-refractivity contribution in [2.45, 2.75) is 20.0 Å². The molecule has 0 aliphatic heterocycles. The Kier molecular flexibility index (Phi) is 5.43. The molecule has 1 unspecified atom stereocenters. The van der Waals surface area contributed by atoms with E-state index in [0.717, 1.165) is 11.1 Å². The molecule has 0 saturated heterocycles. The van der Waals surface area contributed by atoms with Crippen molar-refractivity contribution in [2.24, 2.45) is 5.16 Å². The van der Waals surface area contributed by atoms with E-state index >= 15 is 0 Å². The maximum absolute atomic E-state index is 10.8. The molecule has 0 bridgehead atoms. The zero-order chi connectivity index (χ0) is 16.8. The Morgan fingerprint density at radius 1 is 1.22 bits per heavy atom. The lowest BCUT2D eigenvalue weighted by Gasteiger charge is -2.19. The summed E-state index contributed by atoms with van der Waals surface area (Å²) in [6.07, 6.45) is -0.603. The van der Waals surface area contributed by atoms with Crippen LogP contribution in [0.25, 0.3) is 0 Å². The predicted octanol–water partition coefficient (Wildman–Crippen LogP) is 3.86. The molecule has 0 heterocycles. The predicted molar refractivity (Wildman–Crippen MR) is 87.0 cm³/mol. The van der Waals surface area contributed by atoms with Crippen LogP contribution in [0, 0.1) is 17.0 Å². The van der Waals surface area contributed by atoms with E-state index in [2.05, 4.69) is 5.16 Å². The molecule has 1 atom stereocenters. The van der Waals surface area contributed by atoms with E-state index in [0.29, 0.717) is 17.9 Å². The molecule has 6 heteroatoms. The van der Waals surface area contributed by atoms with E-state index in [9.17, 15) is 15.3 Å². The SMILES string of the molecule is CCOC(/C(=N/O)c1ccc(C)cc1)c1ccc([N+](=O)[O-])cc1. The highest BCUT2D eigenvalue weighted by atomic mass is 16.6. The summed E-state index contributed by atoms with van der Waals surface area (Å²) >= 11 is 0. The van der Waals surface area contributed by atoms with Gasteiger partial charge < -0.3 is 9.94 Å². The van der Waals surface area contributed by atoms with Gasteiger partial charge in [-0.2, -0.15) is 0 Å². The smallest absolute Gasteiger partial charge is 0.269 e. The average molecular weight is 314 g/mol. The van der Waals surface area contributed by atoms with Crippen LogP contribution in [-0.4, -0.2) is 22.4 Å². The van der Waals surface area contributed by atoms with Crippen molar-refractivity contribution in [3.8, 4) is 0 Å². The normalized spacial score (nSPS) is 12.9. The van der Waals surface area contributed by atoms with E-state index in [1.54, 1.807) is 12.1 Å². The van der Waals surface area contributed by atoms with E-state index < -0.39 is 11.0 Å². The lowest BCUT2D eigenvalue weighted by Crippen LogP contribution is -2.18. The van der Waals surface area contributed by atoms with Crippen molar-refractivity contribution in [3.05, 3.63) is 75.3 Å². The van der Waals surface area contributed by atoms with Crippen molar-refractivity contribution in [1.29, 1.82) is 0 Å². The van der Waals surface area contributed by atoms with Crippen LogP contribution in [0.5, 0.6) is 0 Å². The highest BCUT2D eigenvalue weighted by Gasteiger charge is 2.22. The summed E-state index contributed by atoms with van der Waals surface area (Å²) in [6.45, 7) is 4.21. The van der Waals surface area contributed by atoms with Crippen LogP contribution < -0.4 is 0 Å². The summed E-state index contributed by atoms with van der Waals surface area (Å²) < 4.78 is 5.71. The number of hydrogen-bond acceptors (Lipinski definition) is 5. The first-order chi connectivity index (χ1) is 11.1. The third-order valence-electron chi connectivity index (χ3n) is 3.44. The van der Waals surface area contributed by atoms with Crippen LogP contribution in [0.3, 0.4) is 0 Å². The number of oxime groups is 1. The Hall–Kier alpha value is -2.73. The molecule has 23 heavy (non-hydrogen) atoms. The van der Waals surface area contributed by atoms with E-state index in [-0.39, 0.29) is 5.69 Å². The number of non-ortho nitro benzene ring substituents is 1. The van der Waals surface area contributed by atoms with E-state index in [1.165, 1.54) is 12.1 Å². The standard InChI is InChI=1S/C17H18N2O4/c1-3-23-17(14-8-10-15(11-9-14)19(21)22)16(18-20)13-6-4-12(2)5-7-13/h4-11,17,20H,3H2,1-2H3/b18-16+. The molecule has 6 nitrogen and oxygen atoms in total. The summed E-state index contributed by atoms with van der Waals surface area (Å²) in [7, 11) is 0. The first kappa shape index (κ1) is 16.6. The van der Waals surface area contributed by atoms with Crippen molar-refractivity contribution in [2.75, 3.05) is 6.61 Å². The third kappa shape index (κ3) is 3.92. The van der Waals surface area contributed by atoms with Gasteiger partial charge in [-0.15, -0.1) is 0 Å². The Morgan fingerprint density at radius 2 is 1.83 bits per heavy atom. The highest BCUT2D eigenvalue weighted by molar-refractivity contribution is 6.04. The number of hydrogen-bond donors (Lipinski definition) is 1. The van der Waals surface area contributed by atoms with Gasteiger partial charge in [0.05, 0.1) is 4.92 Å². The van der Waals surface area contributed by atoms with Gasteiger partial charge in [-0.1, -0.05) is 35.0 Å². The minimum atomic E-state index is -0.603. The van der Waals surface area contributed by atoms with Crippen molar-refractivity contribution in [1.82, 2.24) is 0 Å². The quantitative estimate of drug-likeness (QED) is 0.380. The Labute approximate surface area is 134 Å². The molecule has 120 valence electrons. The van der Waals surface area contributed by atoms with E-state index in [1.807, 2.05) is 38.1 Å². The largest absolute Gasteiger partial charge is 0.411 e. The molecule has 0 radical (unpaired) electrons. The van der Waals surface area contributed by atoms with Gasteiger partial charge >= 0.3 is 0 Å². The molecule has 0 saturated carbocycles. The number of nitro benzene ring substituents is 1. The molecule has 2 aromatic carbocycles. The van der Waals surface area contributed by atoms with Gasteiger partial charge in [0.1, 0.15) is 11.8 Å². The molecule has 0 amide bonds. The number of nitrogens with zero attached hydrogens (tertiary/aromatic N) is 2. The van der Waals surface area contributed by atoms with Gasteiger partial charge in [-0.3, -0.25) is 10.1 Å². The monoisotopic (exact) mass is 314 g/mol. The number of aryl methyl sites for hydroxylation is 1. The van der Waals surface area contributed by atoms with Crippen LogP contribution in [0.4, 0.5) is 5.69 Å². The maximum Gasteiger partial charge on any atom is 0.269 e. The number of rotatable bonds is 6. The molecule has 0 aromatic heterocycles. The zero-order valence-electron chi connectivity index (χ0n) is 13.0. The van der Waals surface area contributed by atoms with Crippen LogP contribution >= 0.6 is 0 Å². The van der Waals surface area contributed by atoms with Gasteiger partial charge in [0.2, 0.25) is 0 Å². The summed E-state index contributed by atoms with van der Waals surface area (Å²) in [4.78, 5) is 10.3. The number of nitro groups is 1. The lowest BCUT2D eigenvalue weighted by molar-refractivity contribution is -0.384. The molecule has 0 fully saturated rings. The highest BCUT2D eigenvalue weighted by Crippen LogP contribution is 2.25. The summed E-state index contributed by atoms with van der Waals surface area (Å²) in [5.41, 5.74) is 2.87. The first-order valence-electron chi connectivity index (χ1n) is 7.21. The minimum absolute atomic E-state index is 0.00169. The van der Waals surface area contributed by atoms with Crippen molar-refractivity contribution < 1.29 is 14.9 Å². The van der Waals surface area contributed by atoms with Crippen LogP contribution in [0.1, 0.15) is 29.7 Å². The van der Waals surface area contributed by atoms with Crippen molar-refractivity contribution >= 4 is 11.4 Å². The fourth-order valence-electron chi connectivity index (χ4n) is 2.26. The molecule has 1 N–H and O–H groups in total. The fraction of sp³-hybridized carbons (Fsp3) is 0.235. The molecule has 2 aromatic rings. The van der Waals surface area contributed by atoms with Gasteiger partial charge in [0.15, 0.2) is 0 Å². The van der Waals surface area contributed by atoms with E-state index in [4.69, 9.17) is 4.74 Å². The van der Waals surface area contributed by atoms with Crippen LogP contribution in [-0.2, 0) is 4.74 Å². The number of benzene rings is 2. The second-order valence-corrected chi connectivity index (χ2v) is 5.04. The Morgan fingerprint density at radius 3 is 2.30 bits per heavy atom. The second kappa shape index (κ2) is 7.51. The van der Waals surface area contributed by atoms with Crippen molar-refractivity contribution in [3.63, 3.8) is 0 Å². The number of ether oxygens (including phenoxy) is 1. The van der Waals surface area contributed by atoms with Crippen LogP contribution in [0.15, 0.2) is 53.7 Å². The van der Waals surface area contributed by atoms with Gasteiger partial charge in [-0.25, -0.2) is 0 Å². The van der Waals surface area contributed by atoms with Crippen LogP contribution in [0.2, 0.25) is 0 Å². The zero-order valence-corrected chi connectivity index (χ0v) is 13.0. The second-order valence-electron chi connectivity index (χ2n) is 5.04. The first-order valence-corrected chi connectivity index (χ1v) is 7.21. The van der Waals surface area contributed by atoms with Gasteiger partial charge in [-0.05, 0) is 31.5 Å². The topological polar surface area (TPSA) is 85.0 Å².